The first kappa shape index (κ1) is 12.5. The number of carbonyl (C=O) groups excluding carboxylic acids is 1. The maximum absolute atomic E-state index is 11.8. The van der Waals surface area contributed by atoms with Crippen LogP contribution in [0.4, 0.5) is 0 Å². The first-order chi connectivity index (χ1) is 7.79. The molecule has 0 fully saturated rings. The molecule has 0 amide bonds. The van der Waals surface area contributed by atoms with Gasteiger partial charge in [0.25, 0.3) is 0 Å². The first-order valence-electron chi connectivity index (χ1n) is 5.36. The van der Waals surface area contributed by atoms with Gasteiger partial charge < -0.3 is 10.1 Å². The number of benzene rings is 1. The number of nitrogens with one attached hydrogen (secondary N) is 1. The Morgan fingerprint density at radius 3 is 2.94 bits per heavy atom. The molecule has 16 heavy (non-hydrogen) atoms. The highest BCUT2D eigenvalue weighted by Crippen LogP contribution is 2.17. The van der Waals surface area contributed by atoms with Crippen LogP contribution in [0.1, 0.15) is 17.3 Å². The normalized spacial score (nSPS) is 9.81. The Morgan fingerprint density at radius 2 is 2.25 bits per heavy atom. The van der Waals surface area contributed by atoms with E-state index in [4.69, 9.17) is 4.74 Å². The summed E-state index contributed by atoms with van der Waals surface area (Å²) in [6.07, 6.45) is 1.72. The third-order valence-corrected chi connectivity index (χ3v) is 2.06. The summed E-state index contributed by atoms with van der Waals surface area (Å²) >= 11 is 0. The van der Waals surface area contributed by atoms with Crippen LogP contribution in [0, 0.1) is 0 Å². The molecule has 3 nitrogen and oxygen atoms in total. The molecule has 0 saturated heterocycles. The molecule has 0 aliphatic rings. The van der Waals surface area contributed by atoms with Gasteiger partial charge in [0.2, 0.25) is 0 Å². The number of carbonyl (C=O) groups is 1. The summed E-state index contributed by atoms with van der Waals surface area (Å²) in [5.74, 6) is 0.682. The third-order valence-electron chi connectivity index (χ3n) is 2.06. The molecule has 0 aromatic heterocycles. The number of hydrogen-bond donors (Lipinski definition) is 1. The number of para-hydroxylation sites is 1. The van der Waals surface area contributed by atoms with Gasteiger partial charge >= 0.3 is 0 Å². The fourth-order valence-corrected chi connectivity index (χ4v) is 1.36. The van der Waals surface area contributed by atoms with Crippen molar-refractivity contribution in [1.29, 1.82) is 0 Å². The Labute approximate surface area is 96.1 Å². The molecule has 0 unspecified atom stereocenters. The topological polar surface area (TPSA) is 38.3 Å². The van der Waals surface area contributed by atoms with Crippen molar-refractivity contribution in [2.24, 2.45) is 0 Å². The molecule has 0 aliphatic heterocycles. The Hall–Kier alpha value is -1.61. The molecule has 0 saturated carbocycles. The Kier molecular flexibility index (Phi) is 5.29. The minimum atomic E-state index is 0.0332. The third kappa shape index (κ3) is 3.51. The molecule has 0 heterocycles. The molecule has 1 rings (SSSR count). The van der Waals surface area contributed by atoms with Crippen molar-refractivity contribution in [3.63, 3.8) is 0 Å². The van der Waals surface area contributed by atoms with Gasteiger partial charge in [-0.1, -0.05) is 18.2 Å². The van der Waals surface area contributed by atoms with Gasteiger partial charge in [0.15, 0.2) is 5.78 Å². The average Bonchev–Trinajstić information content (AvgIpc) is 2.30. The van der Waals surface area contributed by atoms with Gasteiger partial charge in [-0.15, -0.1) is 6.58 Å². The number of hydrogen-bond acceptors (Lipinski definition) is 3. The van der Waals surface area contributed by atoms with E-state index in [2.05, 4.69) is 11.9 Å². The highest BCUT2D eigenvalue weighted by Gasteiger charge is 2.10. The van der Waals surface area contributed by atoms with Crippen molar-refractivity contribution < 1.29 is 9.53 Å². The standard InChI is InChI=1S/C13H17NO2/c1-3-9-14-10-12(15)11-7-5-6-8-13(11)16-4-2/h3,5-8,14H,1,4,9-10H2,2H3. The summed E-state index contributed by atoms with van der Waals surface area (Å²) in [4.78, 5) is 11.8. The van der Waals surface area contributed by atoms with E-state index in [0.717, 1.165) is 0 Å². The lowest BCUT2D eigenvalue weighted by molar-refractivity contribution is 0.0988. The molecule has 0 spiro atoms. The van der Waals surface area contributed by atoms with Crippen LogP contribution in [0.15, 0.2) is 36.9 Å². The lowest BCUT2D eigenvalue weighted by Gasteiger charge is -2.08. The van der Waals surface area contributed by atoms with E-state index < -0.39 is 0 Å². The lowest BCUT2D eigenvalue weighted by atomic mass is 10.1. The minimum Gasteiger partial charge on any atom is -0.493 e. The molecule has 1 aromatic carbocycles. The fraction of sp³-hybridized carbons (Fsp3) is 0.308. The maximum atomic E-state index is 11.8. The SMILES string of the molecule is C=CCNCC(=O)c1ccccc1OCC. The van der Waals surface area contributed by atoms with Crippen LogP contribution in [0.25, 0.3) is 0 Å². The Balaban J connectivity index is 2.69. The van der Waals surface area contributed by atoms with Crippen molar-refractivity contribution >= 4 is 5.78 Å². The zero-order valence-corrected chi connectivity index (χ0v) is 9.53. The zero-order chi connectivity index (χ0) is 11.8. The van der Waals surface area contributed by atoms with Crippen LogP contribution in [0.5, 0.6) is 5.75 Å². The van der Waals surface area contributed by atoms with Crippen LogP contribution in [-0.2, 0) is 0 Å². The van der Waals surface area contributed by atoms with E-state index in [-0.39, 0.29) is 5.78 Å². The average molecular weight is 219 g/mol. The summed E-state index contributed by atoms with van der Waals surface area (Å²) in [7, 11) is 0. The second-order valence-electron chi connectivity index (χ2n) is 3.27. The molecule has 1 N–H and O–H groups in total. The number of ether oxygens (including phenoxy) is 1. The van der Waals surface area contributed by atoms with Crippen molar-refractivity contribution in [2.45, 2.75) is 6.92 Å². The zero-order valence-electron chi connectivity index (χ0n) is 9.53. The van der Waals surface area contributed by atoms with Crippen LogP contribution in [0.3, 0.4) is 0 Å². The van der Waals surface area contributed by atoms with Gasteiger partial charge in [0.1, 0.15) is 5.75 Å². The van der Waals surface area contributed by atoms with E-state index >= 15 is 0 Å². The molecule has 0 radical (unpaired) electrons. The van der Waals surface area contributed by atoms with Gasteiger partial charge in [-0.3, -0.25) is 4.79 Å². The largest absolute Gasteiger partial charge is 0.493 e. The molecule has 0 atom stereocenters. The van der Waals surface area contributed by atoms with Crippen LogP contribution in [-0.4, -0.2) is 25.5 Å². The number of rotatable bonds is 7. The van der Waals surface area contributed by atoms with Gasteiger partial charge in [0.05, 0.1) is 18.7 Å². The quantitative estimate of drug-likeness (QED) is 0.433. The molecule has 86 valence electrons. The van der Waals surface area contributed by atoms with E-state index in [1.807, 2.05) is 25.1 Å². The fourth-order valence-electron chi connectivity index (χ4n) is 1.36. The van der Waals surface area contributed by atoms with E-state index in [1.165, 1.54) is 0 Å². The Morgan fingerprint density at radius 1 is 1.50 bits per heavy atom. The van der Waals surface area contributed by atoms with Crippen molar-refractivity contribution in [3.8, 4) is 5.75 Å². The van der Waals surface area contributed by atoms with Crippen LogP contribution in [0.2, 0.25) is 0 Å². The van der Waals surface area contributed by atoms with E-state index in [0.29, 0.717) is 31.0 Å². The summed E-state index contributed by atoms with van der Waals surface area (Å²) in [6.45, 7) is 6.97. The van der Waals surface area contributed by atoms with Crippen LogP contribution >= 0.6 is 0 Å². The van der Waals surface area contributed by atoms with Crippen LogP contribution < -0.4 is 10.1 Å². The summed E-state index contributed by atoms with van der Waals surface area (Å²) in [5.41, 5.74) is 0.626. The molecule has 1 aromatic rings. The second kappa shape index (κ2) is 6.80. The monoisotopic (exact) mass is 219 g/mol. The molecule has 0 bridgehead atoms. The molecular formula is C13H17NO2. The summed E-state index contributed by atoms with van der Waals surface area (Å²) in [5, 5.41) is 2.98. The molecule has 3 heteroatoms. The van der Waals surface area contributed by atoms with E-state index in [1.54, 1.807) is 12.1 Å². The summed E-state index contributed by atoms with van der Waals surface area (Å²) < 4.78 is 5.40. The van der Waals surface area contributed by atoms with Gasteiger partial charge in [-0.05, 0) is 19.1 Å². The lowest BCUT2D eigenvalue weighted by Crippen LogP contribution is -2.23. The second-order valence-corrected chi connectivity index (χ2v) is 3.27. The minimum absolute atomic E-state index is 0.0332. The van der Waals surface area contributed by atoms with Crippen molar-refractivity contribution in [1.82, 2.24) is 5.32 Å². The van der Waals surface area contributed by atoms with Gasteiger partial charge in [-0.25, -0.2) is 0 Å². The molecule has 0 aliphatic carbocycles. The predicted octanol–water partition coefficient (Wildman–Crippen LogP) is 2.04. The van der Waals surface area contributed by atoms with Gasteiger partial charge in [0, 0.05) is 6.54 Å². The molecular weight excluding hydrogens is 202 g/mol. The number of Topliss-reactive ketones (excluding diaryl/α,β-unsaturated/α-hetero) is 1. The van der Waals surface area contributed by atoms with E-state index in [9.17, 15) is 4.79 Å². The van der Waals surface area contributed by atoms with Crippen molar-refractivity contribution in [3.05, 3.63) is 42.5 Å². The summed E-state index contributed by atoms with van der Waals surface area (Å²) in [6, 6.07) is 7.29. The van der Waals surface area contributed by atoms with Gasteiger partial charge in [-0.2, -0.15) is 0 Å². The van der Waals surface area contributed by atoms with Crippen molar-refractivity contribution in [2.75, 3.05) is 19.7 Å². The Bertz CT molecular complexity index is 361. The highest BCUT2D eigenvalue weighted by atomic mass is 16.5. The highest BCUT2D eigenvalue weighted by molar-refractivity contribution is 6.00. The smallest absolute Gasteiger partial charge is 0.180 e. The maximum Gasteiger partial charge on any atom is 0.180 e. The predicted molar refractivity (Wildman–Crippen MR) is 65.0 cm³/mol. The number of ketones is 1. The first-order valence-corrected chi connectivity index (χ1v) is 5.36.